The van der Waals surface area contributed by atoms with Crippen LogP contribution in [0, 0.1) is 0 Å². The molecular formula is C60H43NSi. The molecule has 292 valence electrons. The molecule has 11 rings (SSSR count). The average molecular weight is 806 g/mol. The quantitative estimate of drug-likeness (QED) is 0.0778. The number of rotatable bonds is 9. The SMILES string of the molecule is C(=C(c1ccccc1)c1ccccc1)c1ccc2c(c1)c1ccccc1n2-c1ccc(-c2ccc([Si](c3ccccc3)(c3ccccc3)c3ccccc3)cc2)c2ccccc12. The van der Waals surface area contributed by atoms with Crippen LogP contribution in [0.1, 0.15) is 16.7 Å². The Kier molecular flexibility index (Phi) is 9.61. The maximum atomic E-state index is 2.46. The predicted molar refractivity (Wildman–Crippen MR) is 267 cm³/mol. The number of hydrogen-bond donors (Lipinski definition) is 0. The Hall–Kier alpha value is -7.78. The molecule has 10 aromatic carbocycles. The Morgan fingerprint density at radius 1 is 0.339 bits per heavy atom. The van der Waals surface area contributed by atoms with Gasteiger partial charge in [0.1, 0.15) is 0 Å². The Bertz CT molecular complexity index is 3220. The molecule has 11 aromatic rings. The predicted octanol–water partition coefficient (Wildman–Crippen LogP) is 12.6. The maximum Gasteiger partial charge on any atom is 0.179 e. The molecule has 0 aliphatic rings. The fourth-order valence-corrected chi connectivity index (χ4v) is 14.5. The van der Waals surface area contributed by atoms with Crippen LogP contribution in [0.5, 0.6) is 0 Å². The Morgan fingerprint density at radius 2 is 0.790 bits per heavy atom. The lowest BCUT2D eigenvalue weighted by Gasteiger charge is -2.34. The largest absolute Gasteiger partial charge is 0.309 e. The number of fused-ring (bicyclic) bond motifs is 4. The zero-order valence-electron chi connectivity index (χ0n) is 34.3. The molecular weight excluding hydrogens is 763 g/mol. The topological polar surface area (TPSA) is 4.93 Å². The first-order chi connectivity index (χ1) is 30.8. The van der Waals surface area contributed by atoms with Crippen LogP contribution in [-0.4, -0.2) is 12.6 Å². The van der Waals surface area contributed by atoms with Crippen LogP contribution in [0.3, 0.4) is 0 Å². The first-order valence-corrected chi connectivity index (χ1v) is 23.4. The highest BCUT2D eigenvalue weighted by Crippen LogP contribution is 2.39. The highest BCUT2D eigenvalue weighted by Gasteiger charge is 2.41. The van der Waals surface area contributed by atoms with Crippen molar-refractivity contribution in [3.05, 3.63) is 271 Å². The van der Waals surface area contributed by atoms with Crippen LogP contribution < -0.4 is 20.7 Å². The van der Waals surface area contributed by atoms with Crippen molar-refractivity contribution in [3.63, 3.8) is 0 Å². The molecule has 0 radical (unpaired) electrons. The first kappa shape index (κ1) is 37.2. The molecule has 0 atom stereocenters. The third-order valence-corrected chi connectivity index (χ3v) is 17.4. The highest BCUT2D eigenvalue weighted by atomic mass is 28.3. The van der Waals surface area contributed by atoms with Crippen molar-refractivity contribution in [2.75, 3.05) is 0 Å². The molecule has 0 bridgehead atoms. The summed E-state index contributed by atoms with van der Waals surface area (Å²) in [4.78, 5) is 0. The third-order valence-electron chi connectivity index (χ3n) is 12.6. The minimum Gasteiger partial charge on any atom is -0.309 e. The molecule has 0 unspecified atom stereocenters. The third kappa shape index (κ3) is 6.41. The minimum atomic E-state index is -2.63. The standard InChI is InChI=1S/C60H43NSi/c1-6-20-45(21-7-1)56(46-22-8-2-9-23-46)42-44-34-40-60-57(43-44)55-32-18-19-33-58(55)61(60)59-41-39-52(53-30-16-17-31-54(53)59)47-35-37-51(38-36-47)62(48-24-10-3-11-25-48,49-26-12-4-13-27-49)50-28-14-5-15-29-50/h1-43H. The van der Waals surface area contributed by atoms with Crippen molar-refractivity contribution >= 4 is 73.0 Å². The summed E-state index contributed by atoms with van der Waals surface area (Å²) in [7, 11) is -2.63. The van der Waals surface area contributed by atoms with Gasteiger partial charge < -0.3 is 4.57 Å². The summed E-state index contributed by atoms with van der Waals surface area (Å²) in [5, 5.41) is 10.4. The van der Waals surface area contributed by atoms with Crippen molar-refractivity contribution in [1.29, 1.82) is 0 Å². The van der Waals surface area contributed by atoms with Crippen molar-refractivity contribution < 1.29 is 0 Å². The molecule has 2 heteroatoms. The van der Waals surface area contributed by atoms with E-state index in [1.165, 1.54) is 92.4 Å². The molecule has 0 aliphatic carbocycles. The van der Waals surface area contributed by atoms with Crippen molar-refractivity contribution in [1.82, 2.24) is 4.57 Å². The number of hydrogen-bond acceptors (Lipinski definition) is 0. The second-order valence-electron chi connectivity index (χ2n) is 16.0. The summed E-state index contributed by atoms with van der Waals surface area (Å²) in [6.07, 6.45) is 2.33. The van der Waals surface area contributed by atoms with Gasteiger partial charge in [-0.3, -0.25) is 0 Å². The van der Waals surface area contributed by atoms with Gasteiger partial charge in [0, 0.05) is 16.2 Å². The Morgan fingerprint density at radius 3 is 1.35 bits per heavy atom. The van der Waals surface area contributed by atoms with E-state index in [1.807, 2.05) is 0 Å². The number of benzene rings is 10. The van der Waals surface area contributed by atoms with Gasteiger partial charge in [0.05, 0.1) is 16.7 Å². The lowest BCUT2D eigenvalue weighted by Crippen LogP contribution is -2.74. The summed E-state index contributed by atoms with van der Waals surface area (Å²) < 4.78 is 2.46. The van der Waals surface area contributed by atoms with E-state index in [4.69, 9.17) is 0 Å². The highest BCUT2D eigenvalue weighted by molar-refractivity contribution is 7.19. The molecule has 62 heavy (non-hydrogen) atoms. The van der Waals surface area contributed by atoms with Crippen LogP contribution in [0.15, 0.2) is 255 Å². The zero-order valence-corrected chi connectivity index (χ0v) is 35.3. The van der Waals surface area contributed by atoms with Gasteiger partial charge in [0.2, 0.25) is 0 Å². The molecule has 0 spiro atoms. The second-order valence-corrected chi connectivity index (χ2v) is 19.8. The molecule has 0 amide bonds. The van der Waals surface area contributed by atoms with E-state index < -0.39 is 8.07 Å². The van der Waals surface area contributed by atoms with Gasteiger partial charge in [0.15, 0.2) is 8.07 Å². The first-order valence-electron chi connectivity index (χ1n) is 21.4. The van der Waals surface area contributed by atoms with E-state index in [0.717, 1.165) is 0 Å². The lowest BCUT2D eigenvalue weighted by molar-refractivity contribution is 1.20. The smallest absolute Gasteiger partial charge is 0.179 e. The Labute approximate surface area is 364 Å². The van der Waals surface area contributed by atoms with Crippen molar-refractivity contribution in [3.8, 4) is 16.8 Å². The van der Waals surface area contributed by atoms with E-state index in [2.05, 4.69) is 265 Å². The van der Waals surface area contributed by atoms with Gasteiger partial charge in [-0.25, -0.2) is 0 Å². The van der Waals surface area contributed by atoms with Gasteiger partial charge in [-0.15, -0.1) is 0 Å². The zero-order chi connectivity index (χ0) is 41.3. The van der Waals surface area contributed by atoms with Gasteiger partial charge in [-0.2, -0.15) is 0 Å². The maximum absolute atomic E-state index is 2.63. The van der Waals surface area contributed by atoms with Crippen molar-refractivity contribution in [2.24, 2.45) is 0 Å². The van der Waals surface area contributed by atoms with Crippen LogP contribution in [-0.2, 0) is 0 Å². The summed E-state index contributed by atoms with van der Waals surface area (Å²) >= 11 is 0. The molecule has 0 saturated carbocycles. The minimum absolute atomic E-state index is 1.17. The van der Waals surface area contributed by atoms with E-state index in [1.54, 1.807) is 0 Å². The summed E-state index contributed by atoms with van der Waals surface area (Å²) in [5.74, 6) is 0. The van der Waals surface area contributed by atoms with Crippen LogP contribution >= 0.6 is 0 Å². The molecule has 0 fully saturated rings. The van der Waals surface area contributed by atoms with E-state index in [-0.39, 0.29) is 0 Å². The molecule has 1 heterocycles. The molecule has 0 aliphatic heterocycles. The van der Waals surface area contributed by atoms with E-state index in [0.29, 0.717) is 0 Å². The van der Waals surface area contributed by atoms with Crippen LogP contribution in [0.25, 0.3) is 61.0 Å². The van der Waals surface area contributed by atoms with Gasteiger partial charge in [-0.05, 0) is 89.9 Å². The Balaban J connectivity index is 1.04. The fraction of sp³-hybridized carbons (Fsp3) is 0. The molecule has 1 nitrogen and oxygen atoms in total. The number of nitrogens with zero attached hydrogens (tertiary/aromatic N) is 1. The second kappa shape index (κ2) is 16.0. The molecule has 0 N–H and O–H groups in total. The summed E-state index contributed by atoms with van der Waals surface area (Å²) in [6, 6.07) is 93.7. The van der Waals surface area contributed by atoms with Gasteiger partial charge in [-0.1, -0.05) is 231 Å². The normalized spacial score (nSPS) is 11.5. The van der Waals surface area contributed by atoms with Crippen LogP contribution in [0.4, 0.5) is 0 Å². The van der Waals surface area contributed by atoms with E-state index >= 15 is 0 Å². The number of aromatic nitrogens is 1. The fourth-order valence-electron chi connectivity index (χ4n) is 9.77. The lowest BCUT2D eigenvalue weighted by atomic mass is 9.95. The summed E-state index contributed by atoms with van der Waals surface area (Å²) in [6.45, 7) is 0. The number of para-hydroxylation sites is 1. The molecule has 1 aromatic heterocycles. The van der Waals surface area contributed by atoms with Gasteiger partial charge in [0.25, 0.3) is 0 Å². The van der Waals surface area contributed by atoms with Gasteiger partial charge >= 0.3 is 0 Å². The monoisotopic (exact) mass is 805 g/mol. The summed E-state index contributed by atoms with van der Waals surface area (Å²) in [5.41, 5.74) is 10.8. The average Bonchev–Trinajstić information content (AvgIpc) is 3.68. The molecule has 0 saturated heterocycles. The van der Waals surface area contributed by atoms with E-state index in [9.17, 15) is 0 Å². The van der Waals surface area contributed by atoms with Crippen molar-refractivity contribution in [2.45, 2.75) is 0 Å². The van der Waals surface area contributed by atoms with Crippen LogP contribution in [0.2, 0.25) is 0 Å².